The van der Waals surface area contributed by atoms with E-state index in [0.717, 1.165) is 19.3 Å². The summed E-state index contributed by atoms with van der Waals surface area (Å²) in [6.07, 6.45) is 3.18. The molecule has 3 N–H and O–H groups in total. The summed E-state index contributed by atoms with van der Waals surface area (Å²) in [4.78, 5) is 23.1. The second-order valence-electron chi connectivity index (χ2n) is 6.17. The van der Waals surface area contributed by atoms with E-state index in [-0.39, 0.29) is 35.8 Å². The number of methoxy groups -OCH3 is 2. The van der Waals surface area contributed by atoms with Crippen LogP contribution >= 0.6 is 12.4 Å². The highest BCUT2D eigenvalue weighted by Crippen LogP contribution is 2.35. The normalized spacial score (nSPS) is 18.7. The fourth-order valence-electron chi connectivity index (χ4n) is 3.40. The van der Waals surface area contributed by atoms with Crippen LogP contribution < -0.4 is 20.5 Å². The molecule has 8 nitrogen and oxygen atoms in total. The van der Waals surface area contributed by atoms with Gasteiger partial charge in [-0.25, -0.2) is 0 Å². The highest BCUT2D eigenvalue weighted by atomic mass is 35.5. The van der Waals surface area contributed by atoms with E-state index in [1.165, 1.54) is 20.3 Å². The Morgan fingerprint density at radius 1 is 1.31 bits per heavy atom. The van der Waals surface area contributed by atoms with Gasteiger partial charge in [-0.15, -0.1) is 12.4 Å². The number of nitro groups is 1. The van der Waals surface area contributed by atoms with Crippen LogP contribution in [-0.4, -0.2) is 38.1 Å². The SMILES string of the molecule is COc1cc(CCNC(=O)[C@@H]2CCC[C@@H]2CN)c([N+](=O)[O-])cc1OC.Cl. The van der Waals surface area contributed by atoms with Crippen molar-refractivity contribution in [1.29, 1.82) is 0 Å². The van der Waals surface area contributed by atoms with E-state index in [4.69, 9.17) is 15.2 Å². The summed E-state index contributed by atoms with van der Waals surface area (Å²) < 4.78 is 10.3. The van der Waals surface area contributed by atoms with E-state index in [1.54, 1.807) is 6.07 Å². The molecule has 1 aromatic rings. The van der Waals surface area contributed by atoms with Crippen LogP contribution in [-0.2, 0) is 11.2 Å². The van der Waals surface area contributed by atoms with Gasteiger partial charge in [-0.1, -0.05) is 6.42 Å². The molecule has 1 amide bonds. The molecule has 2 rings (SSSR count). The van der Waals surface area contributed by atoms with Gasteiger partial charge in [-0.3, -0.25) is 14.9 Å². The highest BCUT2D eigenvalue weighted by Gasteiger charge is 2.31. The predicted molar refractivity (Wildman–Crippen MR) is 100 cm³/mol. The number of nitrogens with one attached hydrogen (secondary N) is 1. The lowest BCUT2D eigenvalue weighted by atomic mass is 9.95. The molecule has 0 saturated heterocycles. The third-order valence-corrected chi connectivity index (χ3v) is 4.77. The van der Waals surface area contributed by atoms with Crippen molar-refractivity contribution in [2.45, 2.75) is 25.7 Å². The topological polar surface area (TPSA) is 117 Å². The largest absolute Gasteiger partial charge is 0.493 e. The van der Waals surface area contributed by atoms with E-state index in [9.17, 15) is 14.9 Å². The number of amides is 1. The van der Waals surface area contributed by atoms with Gasteiger partial charge in [-0.05, 0) is 37.8 Å². The Morgan fingerprint density at radius 3 is 2.54 bits per heavy atom. The molecule has 0 unspecified atom stereocenters. The van der Waals surface area contributed by atoms with Gasteiger partial charge in [0.15, 0.2) is 11.5 Å². The predicted octanol–water partition coefficient (Wildman–Crippen LogP) is 2.07. The van der Waals surface area contributed by atoms with Crippen LogP contribution in [0.5, 0.6) is 11.5 Å². The second-order valence-corrected chi connectivity index (χ2v) is 6.17. The monoisotopic (exact) mass is 387 g/mol. The maximum absolute atomic E-state index is 12.3. The van der Waals surface area contributed by atoms with Gasteiger partial charge >= 0.3 is 0 Å². The molecule has 1 saturated carbocycles. The molecule has 1 fully saturated rings. The van der Waals surface area contributed by atoms with Crippen LogP contribution in [0.25, 0.3) is 0 Å². The molecule has 9 heteroatoms. The van der Waals surface area contributed by atoms with Crippen molar-refractivity contribution < 1.29 is 19.2 Å². The Morgan fingerprint density at radius 2 is 1.96 bits per heavy atom. The third-order valence-electron chi connectivity index (χ3n) is 4.77. The van der Waals surface area contributed by atoms with Crippen LogP contribution in [0, 0.1) is 22.0 Å². The van der Waals surface area contributed by atoms with Crippen LogP contribution in [0.2, 0.25) is 0 Å². The summed E-state index contributed by atoms with van der Waals surface area (Å²) in [7, 11) is 2.90. The first-order valence-corrected chi connectivity index (χ1v) is 8.38. The van der Waals surface area contributed by atoms with Crippen molar-refractivity contribution in [2.24, 2.45) is 17.6 Å². The van der Waals surface area contributed by atoms with Gasteiger partial charge in [0.25, 0.3) is 5.69 Å². The minimum Gasteiger partial charge on any atom is -0.493 e. The average molecular weight is 388 g/mol. The summed E-state index contributed by atoms with van der Waals surface area (Å²) >= 11 is 0. The van der Waals surface area contributed by atoms with Gasteiger partial charge in [0.05, 0.1) is 25.2 Å². The van der Waals surface area contributed by atoms with Crippen LogP contribution in [0.15, 0.2) is 12.1 Å². The van der Waals surface area contributed by atoms with E-state index in [1.807, 2.05) is 0 Å². The summed E-state index contributed by atoms with van der Waals surface area (Å²) in [5, 5.41) is 14.2. The summed E-state index contributed by atoms with van der Waals surface area (Å²) in [5.74, 6) is 0.893. The fraction of sp³-hybridized carbons (Fsp3) is 0.588. The summed E-state index contributed by atoms with van der Waals surface area (Å²) in [6.45, 7) is 0.836. The van der Waals surface area contributed by atoms with Crippen molar-refractivity contribution >= 4 is 24.0 Å². The third kappa shape index (κ3) is 4.98. The molecule has 0 aliphatic heterocycles. The van der Waals surface area contributed by atoms with Gasteiger partial charge in [0, 0.05) is 18.0 Å². The second kappa shape index (κ2) is 10.2. The quantitative estimate of drug-likeness (QED) is 0.521. The van der Waals surface area contributed by atoms with E-state index in [0.29, 0.717) is 36.6 Å². The number of benzene rings is 1. The lowest BCUT2D eigenvalue weighted by Gasteiger charge is -2.17. The van der Waals surface area contributed by atoms with Crippen molar-refractivity contribution in [3.05, 3.63) is 27.8 Å². The standard InChI is InChI=1S/C17H25N3O5.ClH/c1-24-15-8-11(14(20(22)23)9-16(15)25-2)6-7-19-17(21)13-5-3-4-12(13)10-18;/h8-9,12-13H,3-7,10,18H2,1-2H3,(H,19,21);1H/t12-,13-;/m1./s1. The van der Waals surface area contributed by atoms with Crippen molar-refractivity contribution in [2.75, 3.05) is 27.3 Å². The molecule has 0 aromatic heterocycles. The number of hydrogen-bond acceptors (Lipinski definition) is 6. The molecular weight excluding hydrogens is 362 g/mol. The Kier molecular flexibility index (Phi) is 8.60. The molecular formula is C17H26ClN3O5. The number of halogens is 1. The van der Waals surface area contributed by atoms with E-state index in [2.05, 4.69) is 5.32 Å². The first-order chi connectivity index (χ1) is 12.0. The van der Waals surface area contributed by atoms with Gasteiger partial charge < -0.3 is 20.5 Å². The number of carbonyl (C=O) groups is 1. The number of carbonyl (C=O) groups excluding carboxylic acids is 1. The number of rotatable bonds is 8. The minimum absolute atomic E-state index is 0. The Bertz CT molecular complexity index is 641. The number of ether oxygens (including phenoxy) is 2. The first-order valence-electron chi connectivity index (χ1n) is 8.38. The summed E-state index contributed by atoms with van der Waals surface area (Å²) in [5.41, 5.74) is 6.16. The zero-order valence-electron chi connectivity index (χ0n) is 15.0. The van der Waals surface area contributed by atoms with Gasteiger partial charge in [-0.2, -0.15) is 0 Å². The molecule has 0 bridgehead atoms. The minimum atomic E-state index is -0.458. The molecule has 146 valence electrons. The number of nitrogens with two attached hydrogens (primary N) is 1. The molecule has 1 aromatic carbocycles. The lowest BCUT2D eigenvalue weighted by Crippen LogP contribution is -2.36. The van der Waals surface area contributed by atoms with Gasteiger partial charge in [0.2, 0.25) is 5.91 Å². The zero-order chi connectivity index (χ0) is 18.4. The number of nitro benzene ring substituents is 1. The maximum Gasteiger partial charge on any atom is 0.276 e. The molecule has 0 spiro atoms. The molecule has 0 heterocycles. The van der Waals surface area contributed by atoms with Crippen molar-refractivity contribution in [3.63, 3.8) is 0 Å². The van der Waals surface area contributed by atoms with Crippen molar-refractivity contribution in [1.82, 2.24) is 5.32 Å². The summed E-state index contributed by atoms with van der Waals surface area (Å²) in [6, 6.07) is 2.93. The molecule has 26 heavy (non-hydrogen) atoms. The van der Waals surface area contributed by atoms with Crippen LogP contribution in [0.3, 0.4) is 0 Å². The average Bonchev–Trinajstić information content (AvgIpc) is 3.09. The Balaban J connectivity index is 0.00000338. The zero-order valence-corrected chi connectivity index (χ0v) is 15.8. The first kappa shape index (κ1) is 22.0. The fourth-order valence-corrected chi connectivity index (χ4v) is 3.40. The molecule has 2 atom stereocenters. The maximum atomic E-state index is 12.3. The Labute approximate surface area is 159 Å². The van der Waals surface area contributed by atoms with Crippen LogP contribution in [0.1, 0.15) is 24.8 Å². The van der Waals surface area contributed by atoms with Crippen LogP contribution in [0.4, 0.5) is 5.69 Å². The molecule has 1 aliphatic carbocycles. The lowest BCUT2D eigenvalue weighted by molar-refractivity contribution is -0.385. The van der Waals surface area contributed by atoms with E-state index < -0.39 is 4.92 Å². The van der Waals surface area contributed by atoms with Gasteiger partial charge in [0.1, 0.15) is 0 Å². The smallest absolute Gasteiger partial charge is 0.276 e. The molecule has 1 aliphatic rings. The number of nitrogens with zero attached hydrogens (tertiary/aromatic N) is 1. The Hall–Kier alpha value is -2.06. The number of hydrogen-bond donors (Lipinski definition) is 2. The van der Waals surface area contributed by atoms with Crippen molar-refractivity contribution in [3.8, 4) is 11.5 Å². The van der Waals surface area contributed by atoms with E-state index >= 15 is 0 Å². The molecule has 0 radical (unpaired) electrons. The highest BCUT2D eigenvalue weighted by molar-refractivity contribution is 5.85.